The van der Waals surface area contributed by atoms with Gasteiger partial charge in [0.2, 0.25) is 0 Å². The number of thiazole rings is 1. The number of piperazine rings is 1. The van der Waals surface area contributed by atoms with Crippen molar-refractivity contribution >= 4 is 28.2 Å². The van der Waals surface area contributed by atoms with Gasteiger partial charge in [-0.05, 0) is 42.7 Å². The van der Waals surface area contributed by atoms with E-state index in [0.29, 0.717) is 59.7 Å². The van der Waals surface area contributed by atoms with E-state index in [1.807, 2.05) is 24.8 Å². The summed E-state index contributed by atoms with van der Waals surface area (Å²) in [5, 5.41) is 9.94. The minimum absolute atomic E-state index is 0.191. The van der Waals surface area contributed by atoms with Crippen LogP contribution in [0.3, 0.4) is 0 Å². The Morgan fingerprint density at radius 3 is 2.37 bits per heavy atom. The van der Waals surface area contributed by atoms with Crippen molar-refractivity contribution in [2.24, 2.45) is 7.05 Å². The van der Waals surface area contributed by atoms with Crippen LogP contribution in [0.15, 0.2) is 46.6 Å². The third kappa shape index (κ3) is 5.41. The Kier molecular flexibility index (Phi) is 7.80. The summed E-state index contributed by atoms with van der Waals surface area (Å²) in [5.74, 6) is -0.0746. The molecule has 3 aromatic heterocycles. The molecule has 0 N–H and O–H groups in total. The maximum atomic E-state index is 13.9. The summed E-state index contributed by atoms with van der Waals surface area (Å²) in [5.41, 5.74) is 1.57. The summed E-state index contributed by atoms with van der Waals surface area (Å²) in [6.07, 6.45) is -3.32. The number of aryl methyl sites for hydroxylation is 1. The molecule has 13 heteroatoms. The van der Waals surface area contributed by atoms with E-state index in [9.17, 15) is 27.6 Å². The Morgan fingerprint density at radius 1 is 1.05 bits per heavy atom. The van der Waals surface area contributed by atoms with Crippen molar-refractivity contribution in [3.63, 3.8) is 0 Å². The zero-order valence-electron chi connectivity index (χ0n) is 22.6. The number of aromatic nitrogens is 4. The van der Waals surface area contributed by atoms with E-state index >= 15 is 0 Å². The predicted octanol–water partition coefficient (Wildman–Crippen LogP) is 5.28. The smallest absolute Gasteiger partial charge is 0.349 e. The quantitative estimate of drug-likeness (QED) is 0.284. The van der Waals surface area contributed by atoms with Gasteiger partial charge in [-0.25, -0.2) is 19.2 Å². The van der Waals surface area contributed by atoms with Crippen LogP contribution in [0, 0.1) is 17.1 Å². The summed E-state index contributed by atoms with van der Waals surface area (Å²) in [6, 6.07) is 9.96. The van der Waals surface area contributed by atoms with Gasteiger partial charge in [-0.2, -0.15) is 23.4 Å². The SMILES string of the molecule is CC[C@H]1CN(C(c2ccc(F)cc2)c2csc(C(F)(F)F)n2)[C@H](CC)CN1c1nc(=O)n(C)c2ccc(C#N)nc12. The summed E-state index contributed by atoms with van der Waals surface area (Å²) in [6.45, 7) is 4.77. The molecule has 0 bridgehead atoms. The number of halogens is 4. The highest BCUT2D eigenvalue weighted by Gasteiger charge is 2.41. The second-order valence-corrected chi connectivity index (χ2v) is 10.8. The highest BCUT2D eigenvalue weighted by atomic mass is 32.1. The molecular weight excluding hydrogens is 558 g/mol. The van der Waals surface area contributed by atoms with Crippen LogP contribution in [0.1, 0.15) is 54.7 Å². The van der Waals surface area contributed by atoms with E-state index in [0.717, 1.165) is 0 Å². The molecule has 41 heavy (non-hydrogen) atoms. The van der Waals surface area contributed by atoms with E-state index in [4.69, 9.17) is 0 Å². The van der Waals surface area contributed by atoms with Crippen LogP contribution in [-0.4, -0.2) is 49.6 Å². The van der Waals surface area contributed by atoms with Crippen molar-refractivity contribution in [3.8, 4) is 6.07 Å². The zero-order chi connectivity index (χ0) is 29.5. The molecule has 1 aliphatic rings. The van der Waals surface area contributed by atoms with Crippen molar-refractivity contribution in [3.05, 3.63) is 80.0 Å². The number of alkyl halides is 3. The first-order chi connectivity index (χ1) is 19.5. The van der Waals surface area contributed by atoms with Crippen molar-refractivity contribution in [2.75, 3.05) is 18.0 Å². The highest BCUT2D eigenvalue weighted by Crippen LogP contribution is 2.39. The van der Waals surface area contributed by atoms with E-state index in [-0.39, 0.29) is 23.5 Å². The number of pyridine rings is 1. The van der Waals surface area contributed by atoms with Crippen LogP contribution in [0.5, 0.6) is 0 Å². The van der Waals surface area contributed by atoms with Crippen LogP contribution in [0.2, 0.25) is 0 Å². The largest absolute Gasteiger partial charge is 0.443 e. The van der Waals surface area contributed by atoms with Crippen molar-refractivity contribution in [1.82, 2.24) is 24.4 Å². The molecule has 5 rings (SSSR count). The van der Waals surface area contributed by atoms with Gasteiger partial charge in [0.25, 0.3) is 0 Å². The number of nitrogens with zero attached hydrogens (tertiary/aromatic N) is 7. The van der Waals surface area contributed by atoms with E-state index in [1.54, 1.807) is 31.3 Å². The maximum absolute atomic E-state index is 13.9. The molecule has 8 nitrogen and oxygen atoms in total. The topological polar surface area (TPSA) is 90.9 Å². The third-order valence-corrected chi connectivity index (χ3v) is 8.47. The molecule has 1 aliphatic heterocycles. The fraction of sp³-hybridized carbons (Fsp3) is 0.393. The molecule has 1 unspecified atom stereocenters. The zero-order valence-corrected chi connectivity index (χ0v) is 23.4. The number of benzene rings is 1. The third-order valence-electron chi connectivity index (χ3n) is 7.57. The number of nitriles is 1. The van der Waals surface area contributed by atoms with Gasteiger partial charge in [-0.15, -0.1) is 11.3 Å². The van der Waals surface area contributed by atoms with Crippen LogP contribution in [0.4, 0.5) is 23.4 Å². The van der Waals surface area contributed by atoms with E-state index in [2.05, 4.69) is 19.9 Å². The van der Waals surface area contributed by atoms with Gasteiger partial charge >= 0.3 is 11.9 Å². The average Bonchev–Trinajstić information content (AvgIpc) is 3.46. The number of fused-ring (bicyclic) bond motifs is 1. The van der Waals surface area contributed by atoms with Gasteiger partial charge in [0.15, 0.2) is 10.8 Å². The molecule has 1 aromatic carbocycles. The minimum atomic E-state index is -4.58. The Hall–Kier alpha value is -3.89. The molecule has 0 saturated carbocycles. The molecule has 4 heterocycles. The van der Waals surface area contributed by atoms with Gasteiger partial charge in [0.05, 0.1) is 17.3 Å². The fourth-order valence-corrected chi connectivity index (χ4v) is 6.16. The minimum Gasteiger partial charge on any atom is -0.349 e. The molecule has 0 spiro atoms. The number of anilines is 1. The molecular formula is C28H27F4N7OS. The van der Waals surface area contributed by atoms with Crippen LogP contribution in [-0.2, 0) is 13.2 Å². The first kappa shape index (κ1) is 28.6. The maximum Gasteiger partial charge on any atom is 0.443 e. The van der Waals surface area contributed by atoms with Gasteiger partial charge in [0, 0.05) is 37.6 Å². The second kappa shape index (κ2) is 11.2. The Morgan fingerprint density at radius 2 is 1.76 bits per heavy atom. The standard InChI is InChI=1S/C28H27F4N7OS/c1-4-19-14-39(25-23-22(37(3)27(40)36-25)11-10-18(12-33)34-23)20(5-2)13-38(19)24(16-6-8-17(29)9-7-16)21-15-41-26(35-21)28(30,31)32/h6-11,15,19-20,24H,4-5,13-14H2,1-3H3/t19-,20+,24?/m1/s1. The lowest BCUT2D eigenvalue weighted by Crippen LogP contribution is -2.59. The Labute approximate surface area is 237 Å². The molecule has 3 atom stereocenters. The molecule has 0 amide bonds. The van der Waals surface area contributed by atoms with Crippen molar-refractivity contribution in [2.45, 2.75) is 51.0 Å². The second-order valence-electron chi connectivity index (χ2n) is 9.96. The average molecular weight is 586 g/mol. The van der Waals surface area contributed by atoms with Gasteiger partial charge in [-0.1, -0.05) is 26.0 Å². The molecule has 1 fully saturated rings. The van der Waals surface area contributed by atoms with Gasteiger partial charge in [0.1, 0.15) is 23.1 Å². The van der Waals surface area contributed by atoms with E-state index in [1.165, 1.54) is 22.1 Å². The fourth-order valence-electron chi connectivity index (χ4n) is 5.45. The van der Waals surface area contributed by atoms with E-state index < -0.39 is 28.7 Å². The Bertz CT molecular complexity index is 1660. The molecule has 0 radical (unpaired) electrons. The number of hydrogen-bond acceptors (Lipinski definition) is 8. The number of hydrogen-bond donors (Lipinski definition) is 0. The summed E-state index contributed by atoms with van der Waals surface area (Å²) in [4.78, 5) is 29.8. The van der Waals surface area contributed by atoms with Crippen molar-refractivity contribution < 1.29 is 17.6 Å². The molecule has 4 aromatic rings. The van der Waals surface area contributed by atoms with Crippen LogP contribution >= 0.6 is 11.3 Å². The highest BCUT2D eigenvalue weighted by molar-refractivity contribution is 7.09. The lowest BCUT2D eigenvalue weighted by molar-refractivity contribution is -0.137. The summed E-state index contributed by atoms with van der Waals surface area (Å²) in [7, 11) is 1.59. The summed E-state index contributed by atoms with van der Waals surface area (Å²) < 4.78 is 55.8. The predicted molar refractivity (Wildman–Crippen MR) is 147 cm³/mol. The normalized spacial score (nSPS) is 18.9. The number of rotatable bonds is 6. The lowest BCUT2D eigenvalue weighted by atomic mass is 9.94. The van der Waals surface area contributed by atoms with Gasteiger partial charge in [-0.3, -0.25) is 9.47 Å². The Balaban J connectivity index is 1.61. The molecule has 1 saturated heterocycles. The van der Waals surface area contributed by atoms with Crippen LogP contribution in [0.25, 0.3) is 11.0 Å². The first-order valence-electron chi connectivity index (χ1n) is 13.1. The molecule has 0 aliphatic carbocycles. The van der Waals surface area contributed by atoms with Crippen molar-refractivity contribution in [1.29, 1.82) is 5.26 Å². The lowest BCUT2D eigenvalue weighted by Gasteiger charge is -2.49. The monoisotopic (exact) mass is 585 g/mol. The first-order valence-corrected chi connectivity index (χ1v) is 14.0. The van der Waals surface area contributed by atoms with Crippen LogP contribution < -0.4 is 10.6 Å². The molecule has 214 valence electrons. The van der Waals surface area contributed by atoms with Gasteiger partial charge < -0.3 is 4.90 Å². The summed E-state index contributed by atoms with van der Waals surface area (Å²) >= 11 is 0.538.